The minimum atomic E-state index is 0.626. The Morgan fingerprint density at radius 3 is 2.76 bits per heavy atom. The molecule has 0 spiro atoms. The molecule has 0 saturated carbocycles. The Balaban J connectivity index is 1.45. The molecule has 1 saturated heterocycles. The molecule has 2 N–H and O–H groups in total. The first-order chi connectivity index (χ1) is 16.2. The lowest BCUT2D eigenvalue weighted by Crippen LogP contribution is -2.24. The maximum absolute atomic E-state index is 6.14. The predicted molar refractivity (Wildman–Crippen MR) is 141 cm³/mol. The minimum Gasteiger partial charge on any atom is -0.493 e. The van der Waals surface area contributed by atoms with Crippen molar-refractivity contribution in [2.75, 3.05) is 26.2 Å². The molecule has 1 aromatic heterocycles. The molecule has 2 aromatic carbocycles. The van der Waals surface area contributed by atoms with Crippen molar-refractivity contribution < 1.29 is 4.74 Å². The van der Waals surface area contributed by atoms with Gasteiger partial charge in [-0.15, -0.1) is 0 Å². The summed E-state index contributed by atoms with van der Waals surface area (Å²) in [6.45, 7) is 4.71. The van der Waals surface area contributed by atoms with Gasteiger partial charge in [0, 0.05) is 34.9 Å². The molecule has 0 bridgehead atoms. The first kappa shape index (κ1) is 24.0. The summed E-state index contributed by atoms with van der Waals surface area (Å²) < 4.78 is 7.12. The van der Waals surface area contributed by atoms with E-state index >= 15 is 0 Å². The Labute approximate surface area is 209 Å². The van der Waals surface area contributed by atoms with E-state index in [-0.39, 0.29) is 0 Å². The van der Waals surface area contributed by atoms with Crippen molar-refractivity contribution in [3.05, 3.63) is 92.7 Å². The van der Waals surface area contributed by atoms with Crippen LogP contribution in [0.25, 0.3) is 12.2 Å². The summed E-state index contributed by atoms with van der Waals surface area (Å²) in [5.74, 6) is 1.60. The molecular formula is C27H29BrClN3O. The monoisotopic (exact) mass is 525 g/mol. The van der Waals surface area contributed by atoms with Gasteiger partial charge in [0.2, 0.25) is 0 Å². The second-order valence-electron chi connectivity index (χ2n) is 8.35. The summed E-state index contributed by atoms with van der Waals surface area (Å²) in [6, 6.07) is 16.3. The Bertz CT molecular complexity index is 1070. The quantitative estimate of drug-likeness (QED) is 0.319. The normalized spacial score (nSPS) is 15.9. The Morgan fingerprint density at radius 2 is 1.97 bits per heavy atom. The molecule has 0 aliphatic carbocycles. The second-order valence-corrected chi connectivity index (χ2v) is 9.64. The van der Waals surface area contributed by atoms with Crippen molar-refractivity contribution in [3.63, 3.8) is 0 Å². The lowest BCUT2D eigenvalue weighted by Gasteiger charge is -2.13. The van der Waals surface area contributed by atoms with E-state index in [1.807, 2.05) is 42.7 Å². The largest absolute Gasteiger partial charge is 0.493 e. The first-order valence-electron chi connectivity index (χ1n) is 11.4. The second kappa shape index (κ2) is 12.3. The van der Waals surface area contributed by atoms with Gasteiger partial charge in [-0.3, -0.25) is 4.98 Å². The van der Waals surface area contributed by atoms with Crippen LogP contribution in [0.3, 0.4) is 0 Å². The van der Waals surface area contributed by atoms with Crippen molar-refractivity contribution in [1.82, 2.24) is 15.6 Å². The molecule has 6 heteroatoms. The van der Waals surface area contributed by atoms with Crippen LogP contribution >= 0.6 is 27.5 Å². The summed E-state index contributed by atoms with van der Waals surface area (Å²) >= 11 is 9.67. The maximum atomic E-state index is 6.14. The van der Waals surface area contributed by atoms with Gasteiger partial charge < -0.3 is 15.4 Å². The van der Waals surface area contributed by atoms with Gasteiger partial charge in [-0.2, -0.15) is 0 Å². The number of nitrogens with one attached hydrogen (secondary N) is 2. The topological polar surface area (TPSA) is 46.2 Å². The van der Waals surface area contributed by atoms with Crippen LogP contribution in [0.15, 0.2) is 65.4 Å². The van der Waals surface area contributed by atoms with Gasteiger partial charge in [0.05, 0.1) is 6.61 Å². The molecule has 33 heavy (non-hydrogen) atoms. The van der Waals surface area contributed by atoms with Crippen molar-refractivity contribution in [3.8, 4) is 5.75 Å². The van der Waals surface area contributed by atoms with Crippen molar-refractivity contribution in [1.29, 1.82) is 0 Å². The van der Waals surface area contributed by atoms with Crippen LogP contribution in [-0.2, 0) is 13.0 Å². The highest BCUT2D eigenvalue weighted by atomic mass is 79.9. The zero-order valence-corrected chi connectivity index (χ0v) is 20.9. The lowest BCUT2D eigenvalue weighted by atomic mass is 10.1. The number of hydrogen-bond acceptors (Lipinski definition) is 4. The third kappa shape index (κ3) is 7.68. The van der Waals surface area contributed by atoms with Gasteiger partial charge in [0.15, 0.2) is 0 Å². The molecule has 1 aliphatic rings. The highest BCUT2D eigenvalue weighted by Crippen LogP contribution is 2.25. The molecule has 0 amide bonds. The van der Waals surface area contributed by atoms with Gasteiger partial charge in [-0.1, -0.05) is 51.8 Å². The van der Waals surface area contributed by atoms with Gasteiger partial charge >= 0.3 is 0 Å². The summed E-state index contributed by atoms with van der Waals surface area (Å²) in [5, 5.41) is 7.77. The van der Waals surface area contributed by atoms with Crippen LogP contribution in [-0.4, -0.2) is 31.2 Å². The van der Waals surface area contributed by atoms with E-state index in [0.717, 1.165) is 59.0 Å². The Kier molecular flexibility index (Phi) is 8.95. The zero-order valence-electron chi connectivity index (χ0n) is 18.6. The van der Waals surface area contributed by atoms with Crippen LogP contribution in [0, 0.1) is 5.92 Å². The number of halogens is 2. The average molecular weight is 527 g/mol. The third-order valence-corrected chi connectivity index (χ3v) is 6.66. The van der Waals surface area contributed by atoms with E-state index < -0.39 is 0 Å². The summed E-state index contributed by atoms with van der Waals surface area (Å²) in [7, 11) is 0. The summed E-state index contributed by atoms with van der Waals surface area (Å²) in [4.78, 5) is 4.08. The van der Waals surface area contributed by atoms with E-state index in [0.29, 0.717) is 12.5 Å². The SMILES string of the molecule is Clc1ccc(/C=C\c2cc(CNCC3CCNC3)cc(OCCc3ccncc3)c2)c(Br)c1. The third-order valence-electron chi connectivity index (χ3n) is 5.74. The van der Waals surface area contributed by atoms with E-state index in [1.54, 1.807) is 0 Å². The number of rotatable bonds is 10. The number of benzene rings is 2. The highest BCUT2D eigenvalue weighted by molar-refractivity contribution is 9.10. The standard InChI is InChI=1S/C27H29BrClN3O/c28-27-16-25(29)4-3-24(27)2-1-21-13-23(19-32-18-22-7-11-31-17-22)15-26(14-21)33-12-8-20-5-9-30-10-6-20/h1-6,9-10,13-16,22,31-32H,7-8,11-12,17-19H2/b2-1-. The molecule has 1 unspecified atom stereocenters. The van der Waals surface area contributed by atoms with Crippen molar-refractivity contribution in [2.24, 2.45) is 5.92 Å². The number of pyridine rings is 1. The predicted octanol–water partition coefficient (Wildman–Crippen LogP) is 5.99. The Hall–Kier alpha value is -2.18. The summed E-state index contributed by atoms with van der Waals surface area (Å²) in [6.07, 6.45) is 9.95. The number of ether oxygens (including phenoxy) is 1. The van der Waals surface area contributed by atoms with E-state index in [4.69, 9.17) is 16.3 Å². The number of hydrogen-bond donors (Lipinski definition) is 2. The molecular weight excluding hydrogens is 498 g/mol. The van der Waals surface area contributed by atoms with Crippen LogP contribution in [0.4, 0.5) is 0 Å². The van der Waals surface area contributed by atoms with Gasteiger partial charge in [-0.05, 0) is 90.6 Å². The van der Waals surface area contributed by atoms with Crippen LogP contribution in [0.5, 0.6) is 5.75 Å². The van der Waals surface area contributed by atoms with E-state index in [9.17, 15) is 0 Å². The fourth-order valence-electron chi connectivity index (χ4n) is 3.94. The molecule has 3 aromatic rings. The van der Waals surface area contributed by atoms with Crippen LogP contribution in [0.1, 0.15) is 28.7 Å². The fourth-order valence-corrected chi connectivity index (χ4v) is 4.75. The van der Waals surface area contributed by atoms with Crippen LogP contribution in [0.2, 0.25) is 5.02 Å². The average Bonchev–Trinajstić information content (AvgIpc) is 3.33. The van der Waals surface area contributed by atoms with Gasteiger partial charge in [-0.25, -0.2) is 0 Å². The van der Waals surface area contributed by atoms with E-state index in [1.165, 1.54) is 17.5 Å². The van der Waals surface area contributed by atoms with Gasteiger partial charge in [0.1, 0.15) is 5.75 Å². The van der Waals surface area contributed by atoms with Crippen molar-refractivity contribution in [2.45, 2.75) is 19.4 Å². The maximum Gasteiger partial charge on any atom is 0.120 e. The molecule has 1 aliphatic heterocycles. The molecule has 4 rings (SSSR count). The molecule has 172 valence electrons. The van der Waals surface area contributed by atoms with Crippen molar-refractivity contribution >= 4 is 39.7 Å². The Morgan fingerprint density at radius 1 is 1.09 bits per heavy atom. The first-order valence-corrected chi connectivity index (χ1v) is 12.5. The summed E-state index contributed by atoms with van der Waals surface area (Å²) in [5.41, 5.74) is 4.63. The molecule has 1 atom stereocenters. The number of nitrogens with zero attached hydrogens (tertiary/aromatic N) is 1. The van der Waals surface area contributed by atoms with E-state index in [2.05, 4.69) is 61.9 Å². The molecule has 2 heterocycles. The van der Waals surface area contributed by atoms with Gasteiger partial charge in [0.25, 0.3) is 0 Å². The molecule has 0 radical (unpaired) electrons. The van der Waals surface area contributed by atoms with Crippen LogP contribution < -0.4 is 15.4 Å². The zero-order chi connectivity index (χ0) is 22.9. The fraction of sp³-hybridized carbons (Fsp3) is 0.296. The molecule has 1 fully saturated rings. The smallest absolute Gasteiger partial charge is 0.120 e. The minimum absolute atomic E-state index is 0.626. The number of aromatic nitrogens is 1. The highest BCUT2D eigenvalue weighted by Gasteiger charge is 2.13. The lowest BCUT2D eigenvalue weighted by molar-refractivity contribution is 0.321. The molecule has 4 nitrogen and oxygen atoms in total.